The normalized spacial score (nSPS) is 52.0. The number of Topliss-reactive ketones (excluding diaryl/α,β-unsaturated/α-hetero) is 1. The molecule has 0 radical (unpaired) electrons. The first-order valence-electron chi connectivity index (χ1n) is 9.22. The zero-order valence-corrected chi connectivity index (χ0v) is 14.3. The van der Waals surface area contributed by atoms with E-state index in [-0.39, 0.29) is 23.4 Å². The molecule has 0 spiro atoms. The second-order valence-corrected chi connectivity index (χ2v) is 8.72. The summed E-state index contributed by atoms with van der Waals surface area (Å²) in [4.78, 5) is 12.9. The minimum absolute atomic E-state index is 0.0418. The largest absolute Gasteiger partial charge is 0.393 e. The first-order chi connectivity index (χ1) is 10.3. The fourth-order valence-electron chi connectivity index (χ4n) is 6.05. The van der Waals surface area contributed by atoms with Crippen LogP contribution in [-0.4, -0.2) is 27.7 Å². The van der Waals surface area contributed by atoms with Crippen LogP contribution in [0.15, 0.2) is 0 Å². The molecule has 3 aliphatic carbocycles. The number of fused-ring (bicyclic) bond motifs is 3. The van der Waals surface area contributed by atoms with Gasteiger partial charge in [0.1, 0.15) is 5.78 Å². The zero-order chi connectivity index (χ0) is 16.1. The summed E-state index contributed by atoms with van der Waals surface area (Å²) in [5.41, 5.74) is -0.509. The van der Waals surface area contributed by atoms with Crippen molar-refractivity contribution < 1.29 is 15.0 Å². The number of hydrogen-bond donors (Lipinski definition) is 2. The Kier molecular flexibility index (Phi) is 4.18. The summed E-state index contributed by atoms with van der Waals surface area (Å²) in [6.45, 7) is 6.45. The Morgan fingerprint density at radius 1 is 1.23 bits per heavy atom. The van der Waals surface area contributed by atoms with E-state index in [9.17, 15) is 15.0 Å². The molecule has 7 atom stereocenters. The minimum Gasteiger partial charge on any atom is -0.393 e. The van der Waals surface area contributed by atoms with Gasteiger partial charge in [0, 0.05) is 12.3 Å². The number of hydrogen-bond acceptors (Lipinski definition) is 3. The molecule has 3 saturated carbocycles. The molecule has 2 N–H and O–H groups in total. The molecule has 0 aromatic carbocycles. The lowest BCUT2D eigenvalue weighted by atomic mass is 9.45. The Balaban J connectivity index is 1.93. The molecule has 3 aliphatic rings. The number of carbonyl (C=O) groups is 1. The molecule has 0 amide bonds. The summed E-state index contributed by atoms with van der Waals surface area (Å²) in [6, 6.07) is 0. The van der Waals surface area contributed by atoms with Crippen LogP contribution in [0.5, 0.6) is 0 Å². The zero-order valence-electron chi connectivity index (χ0n) is 14.3. The van der Waals surface area contributed by atoms with E-state index in [1.54, 1.807) is 0 Å². The highest BCUT2D eigenvalue weighted by molar-refractivity contribution is 5.83. The van der Waals surface area contributed by atoms with Crippen LogP contribution in [0.3, 0.4) is 0 Å². The maximum absolute atomic E-state index is 12.9. The number of aliphatic hydroxyl groups excluding tert-OH is 1. The van der Waals surface area contributed by atoms with Crippen LogP contribution < -0.4 is 0 Å². The second-order valence-electron chi connectivity index (χ2n) is 8.72. The predicted molar refractivity (Wildman–Crippen MR) is 86.3 cm³/mol. The summed E-state index contributed by atoms with van der Waals surface area (Å²) in [6.07, 6.45) is 6.85. The SMILES string of the molecule is CCC[C@H]1[C@@H]2C(=O)CC3C[C@H](O)CCC3(C)[C@H]2CCC1(C)O. The molecule has 0 aromatic rings. The van der Waals surface area contributed by atoms with E-state index in [0.29, 0.717) is 24.0 Å². The van der Waals surface area contributed by atoms with Gasteiger partial charge in [-0.15, -0.1) is 0 Å². The van der Waals surface area contributed by atoms with Crippen LogP contribution in [-0.2, 0) is 4.79 Å². The van der Waals surface area contributed by atoms with Crippen LogP contribution in [0.4, 0.5) is 0 Å². The summed E-state index contributed by atoms with van der Waals surface area (Å²) in [5.74, 6) is 1.27. The fourth-order valence-corrected chi connectivity index (χ4v) is 6.05. The molecular formula is C19H32O3. The van der Waals surface area contributed by atoms with E-state index in [2.05, 4.69) is 13.8 Å². The Morgan fingerprint density at radius 2 is 1.95 bits per heavy atom. The van der Waals surface area contributed by atoms with Gasteiger partial charge < -0.3 is 10.2 Å². The van der Waals surface area contributed by atoms with Crippen molar-refractivity contribution in [3.8, 4) is 0 Å². The van der Waals surface area contributed by atoms with Crippen LogP contribution in [0, 0.1) is 29.1 Å². The molecule has 3 nitrogen and oxygen atoms in total. The van der Waals surface area contributed by atoms with Crippen molar-refractivity contribution in [1.29, 1.82) is 0 Å². The monoisotopic (exact) mass is 308 g/mol. The van der Waals surface area contributed by atoms with Crippen molar-refractivity contribution in [2.24, 2.45) is 29.1 Å². The van der Waals surface area contributed by atoms with Gasteiger partial charge in [-0.05, 0) is 68.6 Å². The summed E-state index contributed by atoms with van der Waals surface area (Å²) in [5, 5.41) is 20.9. The van der Waals surface area contributed by atoms with Crippen molar-refractivity contribution in [2.45, 2.75) is 83.8 Å². The van der Waals surface area contributed by atoms with Crippen molar-refractivity contribution >= 4 is 5.78 Å². The topological polar surface area (TPSA) is 57.5 Å². The molecule has 3 rings (SSSR count). The quantitative estimate of drug-likeness (QED) is 0.823. The molecule has 3 heteroatoms. The lowest BCUT2D eigenvalue weighted by molar-refractivity contribution is -0.172. The van der Waals surface area contributed by atoms with Crippen LogP contribution >= 0.6 is 0 Å². The van der Waals surface area contributed by atoms with E-state index in [1.165, 1.54) is 0 Å². The lowest BCUT2D eigenvalue weighted by Crippen LogP contribution is -2.59. The first-order valence-corrected chi connectivity index (χ1v) is 9.22. The van der Waals surface area contributed by atoms with Crippen LogP contribution in [0.2, 0.25) is 0 Å². The number of ketones is 1. The van der Waals surface area contributed by atoms with E-state index < -0.39 is 5.60 Å². The highest BCUT2D eigenvalue weighted by atomic mass is 16.3. The van der Waals surface area contributed by atoms with Crippen molar-refractivity contribution in [3.63, 3.8) is 0 Å². The lowest BCUT2D eigenvalue weighted by Gasteiger charge is -2.59. The van der Waals surface area contributed by atoms with Crippen LogP contribution in [0.25, 0.3) is 0 Å². The maximum Gasteiger partial charge on any atom is 0.136 e. The van der Waals surface area contributed by atoms with E-state index in [1.807, 2.05) is 6.92 Å². The summed E-state index contributed by atoms with van der Waals surface area (Å²) in [7, 11) is 0. The molecule has 3 fully saturated rings. The molecule has 3 unspecified atom stereocenters. The van der Waals surface area contributed by atoms with E-state index in [0.717, 1.165) is 44.9 Å². The third kappa shape index (κ3) is 2.45. The Morgan fingerprint density at radius 3 is 2.64 bits per heavy atom. The molecule has 0 bridgehead atoms. The Hall–Kier alpha value is -0.410. The van der Waals surface area contributed by atoms with Crippen molar-refractivity contribution in [2.75, 3.05) is 0 Å². The predicted octanol–water partition coefficient (Wildman–Crippen LogP) is 3.32. The van der Waals surface area contributed by atoms with Gasteiger partial charge in [0.05, 0.1) is 11.7 Å². The smallest absolute Gasteiger partial charge is 0.136 e. The van der Waals surface area contributed by atoms with Gasteiger partial charge in [-0.1, -0.05) is 20.3 Å². The Bertz CT molecular complexity index is 444. The van der Waals surface area contributed by atoms with E-state index >= 15 is 0 Å². The standard InChI is InChI=1S/C19H32O3/c1-4-5-15-17-14(7-9-19(15,3)22)18(2)8-6-13(20)10-12(18)11-16(17)21/h12-15,17,20,22H,4-11H2,1-3H3/t12?,13-,14+,15+,17-,18?,19?/m1/s1. The Labute approximate surface area is 134 Å². The van der Waals surface area contributed by atoms with Gasteiger partial charge in [0.2, 0.25) is 0 Å². The summed E-state index contributed by atoms with van der Waals surface area (Å²) < 4.78 is 0. The fraction of sp³-hybridized carbons (Fsp3) is 0.947. The third-order valence-corrected chi connectivity index (χ3v) is 7.40. The van der Waals surface area contributed by atoms with Gasteiger partial charge in [-0.2, -0.15) is 0 Å². The van der Waals surface area contributed by atoms with E-state index in [4.69, 9.17) is 0 Å². The number of aliphatic hydroxyl groups is 2. The number of rotatable bonds is 2. The molecule has 0 aliphatic heterocycles. The van der Waals surface area contributed by atoms with Crippen molar-refractivity contribution in [1.82, 2.24) is 0 Å². The van der Waals surface area contributed by atoms with Gasteiger partial charge in [0.15, 0.2) is 0 Å². The first kappa shape index (κ1) is 16.4. The minimum atomic E-state index is -0.690. The molecule has 0 heterocycles. The second kappa shape index (κ2) is 5.59. The highest BCUT2D eigenvalue weighted by Crippen LogP contribution is 2.60. The number of carbonyl (C=O) groups excluding carboxylic acids is 1. The van der Waals surface area contributed by atoms with Crippen molar-refractivity contribution in [3.05, 3.63) is 0 Å². The van der Waals surface area contributed by atoms with Gasteiger partial charge in [-0.3, -0.25) is 4.79 Å². The molecular weight excluding hydrogens is 276 g/mol. The average Bonchev–Trinajstić information content (AvgIpc) is 2.44. The highest BCUT2D eigenvalue weighted by Gasteiger charge is 2.59. The third-order valence-electron chi connectivity index (χ3n) is 7.40. The molecule has 22 heavy (non-hydrogen) atoms. The molecule has 0 aromatic heterocycles. The van der Waals surface area contributed by atoms with Gasteiger partial charge in [-0.25, -0.2) is 0 Å². The van der Waals surface area contributed by atoms with Gasteiger partial charge in [0.25, 0.3) is 0 Å². The van der Waals surface area contributed by atoms with Crippen LogP contribution in [0.1, 0.15) is 72.1 Å². The maximum atomic E-state index is 12.9. The average molecular weight is 308 g/mol. The van der Waals surface area contributed by atoms with Gasteiger partial charge >= 0.3 is 0 Å². The summed E-state index contributed by atoms with van der Waals surface area (Å²) >= 11 is 0. The molecule has 0 saturated heterocycles. The molecule has 126 valence electrons.